The highest BCUT2D eigenvalue weighted by molar-refractivity contribution is 14.0. The van der Waals surface area contributed by atoms with Crippen LogP contribution in [0.3, 0.4) is 0 Å². The summed E-state index contributed by atoms with van der Waals surface area (Å²) in [5.41, 5.74) is -0.803. The van der Waals surface area contributed by atoms with Crippen molar-refractivity contribution in [1.82, 2.24) is 20.9 Å². The third-order valence-corrected chi connectivity index (χ3v) is 4.54. The van der Waals surface area contributed by atoms with Gasteiger partial charge in [-0.1, -0.05) is 0 Å². The van der Waals surface area contributed by atoms with Crippen molar-refractivity contribution in [2.75, 3.05) is 26.2 Å². The van der Waals surface area contributed by atoms with E-state index < -0.39 is 11.6 Å². The van der Waals surface area contributed by atoms with Gasteiger partial charge in [0.25, 0.3) is 5.91 Å². The lowest BCUT2D eigenvalue weighted by molar-refractivity contribution is -0.125. The van der Waals surface area contributed by atoms with E-state index in [1.807, 2.05) is 6.92 Å². The number of aliphatic imine (C=N–C) groups is 1. The molecular weight excluding hydrogens is 421 g/mol. The second-order valence-electron chi connectivity index (χ2n) is 6.06. The summed E-state index contributed by atoms with van der Waals surface area (Å²) in [4.78, 5) is 30.2. The Morgan fingerprint density at radius 1 is 1.46 bits per heavy atom. The van der Waals surface area contributed by atoms with Crippen molar-refractivity contribution >= 4 is 41.9 Å². The number of nitrogens with zero attached hydrogens (tertiary/aromatic N) is 2. The van der Waals surface area contributed by atoms with Crippen LogP contribution in [0.2, 0.25) is 0 Å². The van der Waals surface area contributed by atoms with Crippen LogP contribution in [0.25, 0.3) is 0 Å². The summed E-state index contributed by atoms with van der Waals surface area (Å²) in [5, 5.41) is 8.39. The highest BCUT2D eigenvalue weighted by Gasteiger charge is 2.48. The number of amides is 3. The van der Waals surface area contributed by atoms with Gasteiger partial charge in [-0.2, -0.15) is 0 Å². The van der Waals surface area contributed by atoms with E-state index in [1.54, 1.807) is 6.92 Å². The Balaban J connectivity index is 0.00000288. The smallest absolute Gasteiger partial charge is 0.322 e. The normalized spacial score (nSPS) is 24.7. The lowest BCUT2D eigenvalue weighted by Crippen LogP contribution is -2.55. The summed E-state index contributed by atoms with van der Waals surface area (Å²) >= 11 is 0. The Bertz CT molecular complexity index is 537. The molecule has 2 aliphatic heterocycles. The molecule has 0 aliphatic carbocycles. The molecule has 1 atom stereocenters. The number of carbonyl (C=O) groups is 2. The van der Waals surface area contributed by atoms with E-state index in [4.69, 9.17) is 6.42 Å². The SMILES string of the molecule is C#CCCN=C(NCC)N1CCC(C2(C)NC(=O)NC2=O)CC1.I. The Morgan fingerprint density at radius 3 is 2.62 bits per heavy atom. The zero-order valence-electron chi connectivity index (χ0n) is 14.2. The summed E-state index contributed by atoms with van der Waals surface area (Å²) < 4.78 is 0. The first-order valence-electron chi connectivity index (χ1n) is 8.11. The van der Waals surface area contributed by atoms with Crippen LogP contribution in [0, 0.1) is 18.3 Å². The Kier molecular flexibility index (Phi) is 7.79. The molecule has 0 aromatic rings. The number of hydrogen-bond acceptors (Lipinski definition) is 3. The predicted octanol–water partition coefficient (Wildman–Crippen LogP) is 0.903. The van der Waals surface area contributed by atoms with E-state index in [0.717, 1.165) is 38.4 Å². The maximum absolute atomic E-state index is 12.0. The van der Waals surface area contributed by atoms with Gasteiger partial charge in [0, 0.05) is 26.1 Å². The molecule has 1 unspecified atom stereocenters. The van der Waals surface area contributed by atoms with Crippen molar-refractivity contribution in [3.8, 4) is 12.3 Å². The van der Waals surface area contributed by atoms with Gasteiger partial charge in [0.15, 0.2) is 5.96 Å². The number of piperidine rings is 1. The topological polar surface area (TPSA) is 85.8 Å². The number of hydrogen-bond donors (Lipinski definition) is 3. The zero-order chi connectivity index (χ0) is 16.9. The monoisotopic (exact) mass is 447 g/mol. The highest BCUT2D eigenvalue weighted by Crippen LogP contribution is 2.30. The number of likely N-dealkylation sites (tertiary alicyclic amines) is 1. The molecule has 2 rings (SSSR count). The highest BCUT2D eigenvalue weighted by atomic mass is 127. The predicted molar refractivity (Wildman–Crippen MR) is 104 cm³/mol. The van der Waals surface area contributed by atoms with Crippen molar-refractivity contribution in [2.45, 2.75) is 38.6 Å². The van der Waals surface area contributed by atoms with Gasteiger partial charge in [-0.15, -0.1) is 36.3 Å². The van der Waals surface area contributed by atoms with Crippen LogP contribution < -0.4 is 16.0 Å². The molecule has 2 aliphatic rings. The number of urea groups is 1. The molecule has 0 radical (unpaired) electrons. The minimum absolute atomic E-state index is 0. The van der Waals surface area contributed by atoms with Crippen molar-refractivity contribution in [2.24, 2.45) is 10.9 Å². The van der Waals surface area contributed by atoms with E-state index in [1.165, 1.54) is 0 Å². The number of carbonyl (C=O) groups excluding carboxylic acids is 2. The number of nitrogens with one attached hydrogen (secondary N) is 3. The van der Waals surface area contributed by atoms with Gasteiger partial charge < -0.3 is 15.5 Å². The first-order chi connectivity index (χ1) is 11.0. The van der Waals surface area contributed by atoms with Crippen LogP contribution in [-0.4, -0.2) is 54.5 Å². The Morgan fingerprint density at radius 2 is 2.12 bits per heavy atom. The van der Waals surface area contributed by atoms with Crippen LogP contribution in [0.5, 0.6) is 0 Å². The van der Waals surface area contributed by atoms with E-state index >= 15 is 0 Å². The number of guanidine groups is 1. The van der Waals surface area contributed by atoms with E-state index in [2.05, 4.69) is 31.8 Å². The van der Waals surface area contributed by atoms with Gasteiger partial charge in [0.1, 0.15) is 5.54 Å². The first kappa shape index (κ1) is 20.5. The number of halogens is 1. The lowest BCUT2D eigenvalue weighted by Gasteiger charge is -2.39. The van der Waals surface area contributed by atoms with E-state index in [-0.39, 0.29) is 35.8 Å². The Hall–Kier alpha value is -1.50. The zero-order valence-corrected chi connectivity index (χ0v) is 16.6. The van der Waals surface area contributed by atoms with Crippen molar-refractivity contribution in [3.63, 3.8) is 0 Å². The molecule has 8 heteroatoms. The minimum atomic E-state index is -0.803. The molecule has 2 fully saturated rings. The average molecular weight is 447 g/mol. The van der Waals surface area contributed by atoms with Crippen LogP contribution >= 0.6 is 24.0 Å². The van der Waals surface area contributed by atoms with Crippen LogP contribution in [0.15, 0.2) is 4.99 Å². The molecule has 0 aromatic carbocycles. The summed E-state index contributed by atoms with van der Waals surface area (Å²) in [6.07, 6.45) is 7.54. The van der Waals surface area contributed by atoms with Crippen LogP contribution in [0.1, 0.15) is 33.1 Å². The molecule has 134 valence electrons. The molecule has 0 saturated carbocycles. The fourth-order valence-electron chi connectivity index (χ4n) is 3.17. The average Bonchev–Trinajstić information content (AvgIpc) is 2.80. The van der Waals surface area contributed by atoms with E-state index in [0.29, 0.717) is 13.0 Å². The minimum Gasteiger partial charge on any atom is -0.357 e. The molecule has 0 spiro atoms. The first-order valence-corrected chi connectivity index (χ1v) is 8.11. The maximum atomic E-state index is 12.0. The summed E-state index contributed by atoms with van der Waals surface area (Å²) in [6.45, 7) is 6.83. The van der Waals surface area contributed by atoms with Crippen LogP contribution in [0.4, 0.5) is 4.79 Å². The summed E-state index contributed by atoms with van der Waals surface area (Å²) in [7, 11) is 0. The van der Waals surface area contributed by atoms with Gasteiger partial charge in [-0.3, -0.25) is 15.1 Å². The number of imide groups is 1. The van der Waals surface area contributed by atoms with Gasteiger partial charge in [-0.25, -0.2) is 4.79 Å². The molecular formula is C16H26IN5O2. The molecule has 24 heavy (non-hydrogen) atoms. The quantitative estimate of drug-likeness (QED) is 0.149. The fraction of sp³-hybridized carbons (Fsp3) is 0.688. The summed E-state index contributed by atoms with van der Waals surface area (Å²) in [6, 6.07) is -0.399. The largest absolute Gasteiger partial charge is 0.357 e. The van der Waals surface area contributed by atoms with Crippen molar-refractivity contribution in [1.29, 1.82) is 0 Å². The maximum Gasteiger partial charge on any atom is 0.322 e. The van der Waals surface area contributed by atoms with Crippen LogP contribution in [-0.2, 0) is 4.79 Å². The van der Waals surface area contributed by atoms with Gasteiger partial charge in [0.05, 0.1) is 6.54 Å². The summed E-state index contributed by atoms with van der Waals surface area (Å²) in [5.74, 6) is 3.35. The number of terminal acetylenes is 1. The third kappa shape index (κ3) is 4.53. The molecule has 3 amide bonds. The van der Waals surface area contributed by atoms with Crippen molar-refractivity contribution < 1.29 is 9.59 Å². The molecule has 0 aromatic heterocycles. The lowest BCUT2D eigenvalue weighted by atomic mass is 9.79. The molecule has 3 N–H and O–H groups in total. The van der Waals surface area contributed by atoms with Gasteiger partial charge in [-0.05, 0) is 32.6 Å². The molecule has 2 heterocycles. The molecule has 7 nitrogen and oxygen atoms in total. The standard InChI is InChI=1S/C16H25N5O2.HI/c1-4-6-9-18-14(17-5-2)21-10-7-12(8-11-21)16(3)13(22)19-15(23)20-16;/h1,12H,5-11H2,2-3H3,(H,17,18)(H2,19,20,22,23);1H. The second kappa shape index (κ2) is 9.11. The second-order valence-corrected chi connectivity index (χ2v) is 6.06. The number of rotatable bonds is 4. The third-order valence-electron chi connectivity index (χ3n) is 4.54. The van der Waals surface area contributed by atoms with E-state index in [9.17, 15) is 9.59 Å². The molecule has 0 bridgehead atoms. The van der Waals surface area contributed by atoms with Gasteiger partial charge in [0.2, 0.25) is 0 Å². The fourth-order valence-corrected chi connectivity index (χ4v) is 3.17. The Labute approximate surface area is 160 Å². The van der Waals surface area contributed by atoms with Gasteiger partial charge >= 0.3 is 6.03 Å². The van der Waals surface area contributed by atoms with Crippen molar-refractivity contribution in [3.05, 3.63) is 0 Å². The molecule has 2 saturated heterocycles.